The van der Waals surface area contributed by atoms with Crippen LogP contribution >= 0.6 is 34.8 Å². The molecular weight excluding hydrogens is 497 g/mol. The molecule has 2 heterocycles. The Morgan fingerprint density at radius 2 is 1.49 bits per heavy atom. The van der Waals surface area contributed by atoms with Gasteiger partial charge in [-0.2, -0.15) is 0 Å². The van der Waals surface area contributed by atoms with Crippen LogP contribution in [0.15, 0.2) is 42.5 Å². The van der Waals surface area contributed by atoms with Gasteiger partial charge in [-0.15, -0.1) is 0 Å². The largest absolute Gasteiger partial charge is 0.361 e. The van der Waals surface area contributed by atoms with E-state index in [1.165, 1.54) is 57.4 Å². The van der Waals surface area contributed by atoms with Crippen molar-refractivity contribution in [1.29, 1.82) is 0 Å². The molecule has 0 radical (unpaired) electrons. The van der Waals surface area contributed by atoms with E-state index in [-0.39, 0.29) is 6.04 Å². The first-order chi connectivity index (χ1) is 16.7. The van der Waals surface area contributed by atoms with Gasteiger partial charge >= 0.3 is 0 Å². The lowest BCUT2D eigenvalue weighted by Gasteiger charge is -2.44. The number of hydrogen-bond donors (Lipinski definition) is 0. The molecule has 6 heteroatoms. The van der Waals surface area contributed by atoms with E-state index in [1.807, 2.05) is 24.3 Å². The average molecular weight is 537 g/mol. The van der Waals surface area contributed by atoms with Gasteiger partial charge in [-0.3, -0.25) is 4.90 Å². The summed E-state index contributed by atoms with van der Waals surface area (Å²) in [5.41, 5.74) is 2.76. The van der Waals surface area contributed by atoms with Crippen LogP contribution in [0.3, 0.4) is 0 Å². The van der Waals surface area contributed by atoms with Crippen LogP contribution in [0.4, 0.5) is 5.69 Å². The number of hydrogen-bond acceptors (Lipinski definition) is 3. The lowest BCUT2D eigenvalue weighted by molar-refractivity contribution is 0.143. The lowest BCUT2D eigenvalue weighted by atomic mass is 9.90. The lowest BCUT2D eigenvalue weighted by Crippen LogP contribution is -2.49. The van der Waals surface area contributed by atoms with Crippen LogP contribution in [-0.2, 0) is 0 Å². The first-order valence-corrected chi connectivity index (χ1v) is 14.2. The fraction of sp³-hybridized carbons (Fsp3) is 0.586. The third kappa shape index (κ3) is 7.76. The van der Waals surface area contributed by atoms with Crippen molar-refractivity contribution in [1.82, 2.24) is 9.80 Å². The van der Waals surface area contributed by atoms with E-state index < -0.39 is 0 Å². The third-order valence-corrected chi connectivity index (χ3v) is 8.47. The van der Waals surface area contributed by atoms with Crippen LogP contribution in [0.2, 0.25) is 15.1 Å². The van der Waals surface area contributed by atoms with Crippen molar-refractivity contribution < 1.29 is 0 Å². The zero-order chi connectivity index (χ0) is 25.0. The molecule has 3 nitrogen and oxygen atoms in total. The summed E-state index contributed by atoms with van der Waals surface area (Å²) in [5.74, 6) is 0.846. The van der Waals surface area contributed by atoms with E-state index >= 15 is 0 Å². The molecule has 0 aromatic heterocycles. The first-order valence-electron chi connectivity index (χ1n) is 13.1. The molecule has 4 rings (SSSR count). The van der Waals surface area contributed by atoms with Crippen molar-refractivity contribution in [2.75, 3.05) is 50.7 Å². The van der Waals surface area contributed by atoms with E-state index in [0.29, 0.717) is 15.5 Å². The van der Waals surface area contributed by atoms with Crippen molar-refractivity contribution >= 4 is 40.5 Å². The maximum absolute atomic E-state index is 6.63. The zero-order valence-corrected chi connectivity index (χ0v) is 23.7. The molecule has 0 amide bonds. The minimum absolute atomic E-state index is 0.235. The van der Waals surface area contributed by atoms with E-state index in [9.17, 15) is 0 Å². The quantitative estimate of drug-likeness (QED) is 0.354. The van der Waals surface area contributed by atoms with Gasteiger partial charge in [0.2, 0.25) is 0 Å². The molecule has 2 fully saturated rings. The molecule has 2 aliphatic heterocycles. The SMILES string of the molecule is CC(C)(C)CCN1CCC(CCN2CCN(c3ccc(Cl)cc3Cl)[C@H](c3ccc(Cl)cc3)C2)CC1. The molecular formula is C29H40Cl3N3. The Labute approximate surface area is 227 Å². The van der Waals surface area contributed by atoms with Gasteiger partial charge < -0.3 is 9.80 Å². The Kier molecular flexibility index (Phi) is 9.32. The maximum atomic E-state index is 6.63. The van der Waals surface area contributed by atoms with Crippen LogP contribution < -0.4 is 4.90 Å². The van der Waals surface area contributed by atoms with Gasteiger partial charge in [0.25, 0.3) is 0 Å². The fourth-order valence-corrected chi connectivity index (χ4v) is 6.02. The summed E-state index contributed by atoms with van der Waals surface area (Å²) in [5, 5.41) is 2.15. The standard InChI is InChI=1S/C29H40Cl3N3/c1-29(2,3)13-17-33-14-10-22(11-15-33)12-16-34-18-19-35(27-9-8-25(31)20-26(27)32)28(21-34)23-4-6-24(30)7-5-23/h4-9,20,22,28H,10-19,21H2,1-3H3/t28-/m0/s1. The van der Waals surface area contributed by atoms with Crippen molar-refractivity contribution in [3.05, 3.63) is 63.1 Å². The Morgan fingerprint density at radius 3 is 2.14 bits per heavy atom. The van der Waals surface area contributed by atoms with Gasteiger partial charge in [0.1, 0.15) is 0 Å². The molecule has 0 saturated carbocycles. The maximum Gasteiger partial charge on any atom is 0.0670 e. The highest BCUT2D eigenvalue weighted by Crippen LogP contribution is 2.37. The minimum atomic E-state index is 0.235. The van der Waals surface area contributed by atoms with E-state index in [0.717, 1.165) is 36.3 Å². The highest BCUT2D eigenvalue weighted by molar-refractivity contribution is 6.36. The number of likely N-dealkylation sites (tertiary alicyclic amines) is 1. The average Bonchev–Trinajstić information content (AvgIpc) is 2.82. The molecule has 0 spiro atoms. The highest BCUT2D eigenvalue weighted by Gasteiger charge is 2.30. The molecule has 35 heavy (non-hydrogen) atoms. The zero-order valence-electron chi connectivity index (χ0n) is 21.4. The van der Waals surface area contributed by atoms with Crippen LogP contribution in [0, 0.1) is 11.3 Å². The molecule has 0 bridgehead atoms. The van der Waals surface area contributed by atoms with Gasteiger partial charge in [0.15, 0.2) is 0 Å². The Hall–Kier alpha value is -0.970. The number of anilines is 1. The second-order valence-electron chi connectivity index (χ2n) is 11.5. The highest BCUT2D eigenvalue weighted by atomic mass is 35.5. The second-order valence-corrected chi connectivity index (χ2v) is 12.8. The Morgan fingerprint density at radius 1 is 0.800 bits per heavy atom. The van der Waals surface area contributed by atoms with E-state index in [4.69, 9.17) is 34.8 Å². The van der Waals surface area contributed by atoms with Crippen LogP contribution in [-0.4, -0.2) is 55.6 Å². The van der Waals surface area contributed by atoms with Crippen molar-refractivity contribution in [2.45, 2.75) is 52.5 Å². The monoisotopic (exact) mass is 535 g/mol. The first kappa shape index (κ1) is 27.1. The van der Waals surface area contributed by atoms with Crippen molar-refractivity contribution in [2.24, 2.45) is 11.3 Å². The van der Waals surface area contributed by atoms with Gasteiger partial charge in [-0.1, -0.05) is 67.7 Å². The van der Waals surface area contributed by atoms with Gasteiger partial charge in [-0.25, -0.2) is 0 Å². The molecule has 0 N–H and O–H groups in total. The third-order valence-electron chi connectivity index (χ3n) is 7.68. The molecule has 2 aromatic carbocycles. The normalized spacial score (nSPS) is 21.0. The van der Waals surface area contributed by atoms with Crippen LogP contribution in [0.1, 0.15) is 58.1 Å². The Bertz CT molecular complexity index is 949. The van der Waals surface area contributed by atoms with Crippen LogP contribution in [0.25, 0.3) is 0 Å². The number of piperidine rings is 1. The summed E-state index contributed by atoms with van der Waals surface area (Å²) in [4.78, 5) is 7.75. The molecule has 0 unspecified atom stereocenters. The minimum Gasteiger partial charge on any atom is -0.361 e. The molecule has 1 atom stereocenters. The fourth-order valence-electron chi connectivity index (χ4n) is 5.37. The number of halogens is 3. The van der Waals surface area contributed by atoms with E-state index in [1.54, 1.807) is 0 Å². The molecule has 2 aliphatic rings. The molecule has 192 valence electrons. The summed E-state index contributed by atoms with van der Waals surface area (Å²) in [7, 11) is 0. The summed E-state index contributed by atoms with van der Waals surface area (Å²) >= 11 is 19.0. The second kappa shape index (κ2) is 12.0. The van der Waals surface area contributed by atoms with Crippen molar-refractivity contribution in [3.8, 4) is 0 Å². The van der Waals surface area contributed by atoms with Crippen molar-refractivity contribution in [3.63, 3.8) is 0 Å². The van der Waals surface area contributed by atoms with Crippen LogP contribution in [0.5, 0.6) is 0 Å². The van der Waals surface area contributed by atoms with Gasteiger partial charge in [-0.05, 0) is 99.1 Å². The molecule has 0 aliphatic carbocycles. The van der Waals surface area contributed by atoms with Gasteiger partial charge in [0, 0.05) is 29.7 Å². The number of benzene rings is 2. The molecule has 2 aromatic rings. The predicted molar refractivity (Wildman–Crippen MR) is 152 cm³/mol. The molecule has 2 saturated heterocycles. The summed E-state index contributed by atoms with van der Waals surface area (Å²) in [6.07, 6.45) is 5.25. The number of rotatable bonds is 7. The Balaban J connectivity index is 1.35. The smallest absolute Gasteiger partial charge is 0.0670 e. The summed E-state index contributed by atoms with van der Waals surface area (Å²) < 4.78 is 0. The van der Waals surface area contributed by atoms with E-state index in [2.05, 4.69) is 53.7 Å². The number of piperazine rings is 1. The number of nitrogens with zero attached hydrogens (tertiary/aromatic N) is 3. The van der Waals surface area contributed by atoms with Gasteiger partial charge in [0.05, 0.1) is 16.8 Å². The topological polar surface area (TPSA) is 9.72 Å². The summed E-state index contributed by atoms with van der Waals surface area (Å²) in [6.45, 7) is 15.0. The predicted octanol–water partition coefficient (Wildman–Crippen LogP) is 8.05. The summed E-state index contributed by atoms with van der Waals surface area (Å²) in [6, 6.07) is 14.4.